The highest BCUT2D eigenvalue weighted by Crippen LogP contribution is 2.32. The van der Waals surface area contributed by atoms with Crippen molar-refractivity contribution in [3.05, 3.63) is 22.8 Å². The van der Waals surface area contributed by atoms with Gasteiger partial charge in [0.1, 0.15) is 0 Å². The molecule has 1 radical (unpaired) electrons. The van der Waals surface area contributed by atoms with Crippen molar-refractivity contribution in [2.24, 2.45) is 0 Å². The second kappa shape index (κ2) is 2.70. The molecule has 0 saturated heterocycles. The third-order valence-electron chi connectivity index (χ3n) is 2.49. The molecule has 0 spiro atoms. The van der Waals surface area contributed by atoms with Crippen LogP contribution in [0.25, 0.3) is 10.2 Å². The zero-order valence-electron chi connectivity index (χ0n) is 7.84. The van der Waals surface area contributed by atoms with E-state index in [9.17, 15) is 5.11 Å². The fourth-order valence-corrected chi connectivity index (χ4v) is 2.31. The number of hydrogen-bond acceptors (Lipinski definition) is 2. The molecule has 0 fully saturated rings. The smallest absolute Gasteiger partial charge is 0.255 e. The Morgan fingerprint density at radius 2 is 1.92 bits per heavy atom. The summed E-state index contributed by atoms with van der Waals surface area (Å²) in [6.07, 6.45) is 0. The third kappa shape index (κ3) is 1.20. The summed E-state index contributed by atoms with van der Waals surface area (Å²) in [5.41, 5.74) is 4.47. The second-order valence-electron chi connectivity index (χ2n) is 3.27. The van der Waals surface area contributed by atoms with E-state index in [1.54, 1.807) is 0 Å². The molecule has 0 bridgehead atoms. The molecule has 2 rings (SSSR count). The summed E-state index contributed by atoms with van der Waals surface area (Å²) in [4.78, 5) is 3.98. The van der Waals surface area contributed by atoms with E-state index in [1.165, 1.54) is 22.5 Å². The van der Waals surface area contributed by atoms with Gasteiger partial charge in [-0.05, 0) is 43.5 Å². The monoisotopic (exact) mass is 192 g/mol. The number of fused-ring (bicyclic) bond motifs is 1. The highest BCUT2D eigenvalue weighted by molar-refractivity contribution is 7.20. The number of aromatic nitrogens is 1. The average molecular weight is 192 g/mol. The first-order chi connectivity index (χ1) is 6.09. The molecule has 1 heterocycles. The lowest BCUT2D eigenvalue weighted by molar-refractivity contribution is 0.353. The summed E-state index contributed by atoms with van der Waals surface area (Å²) >= 11 is 1.22. The Hall–Kier alpha value is -1.09. The predicted octanol–water partition coefficient (Wildman–Crippen LogP) is 3.37. The van der Waals surface area contributed by atoms with Crippen molar-refractivity contribution in [2.45, 2.75) is 20.8 Å². The Balaban J connectivity index is 2.92. The summed E-state index contributed by atoms with van der Waals surface area (Å²) in [5.74, 6) is 0. The van der Waals surface area contributed by atoms with Gasteiger partial charge in [0.15, 0.2) is 0 Å². The van der Waals surface area contributed by atoms with Gasteiger partial charge in [0, 0.05) is 0 Å². The molecule has 1 aromatic heterocycles. The molecule has 0 aliphatic carbocycles. The molecule has 0 amide bonds. The first-order valence-corrected chi connectivity index (χ1v) is 4.95. The predicted molar refractivity (Wildman–Crippen MR) is 54.0 cm³/mol. The lowest BCUT2D eigenvalue weighted by Crippen LogP contribution is -1.86. The molecule has 1 aromatic carbocycles. The van der Waals surface area contributed by atoms with Crippen molar-refractivity contribution >= 4 is 21.6 Å². The first-order valence-electron chi connectivity index (χ1n) is 4.14. The van der Waals surface area contributed by atoms with Crippen LogP contribution in [0.3, 0.4) is 0 Å². The molecule has 0 aliphatic rings. The minimum absolute atomic E-state index is 0.0944. The summed E-state index contributed by atoms with van der Waals surface area (Å²) in [7, 11) is 0. The Labute approximate surface area is 80.9 Å². The van der Waals surface area contributed by atoms with Gasteiger partial charge in [-0.25, -0.2) is 0 Å². The van der Waals surface area contributed by atoms with E-state index < -0.39 is 0 Å². The maximum absolute atomic E-state index is 11.1. The van der Waals surface area contributed by atoms with Crippen molar-refractivity contribution in [1.82, 2.24) is 4.98 Å². The third-order valence-corrected chi connectivity index (χ3v) is 3.29. The minimum atomic E-state index is -0.0944. The highest BCUT2D eigenvalue weighted by atomic mass is 32.1. The molecule has 2 nitrogen and oxygen atoms in total. The molecule has 0 aliphatic heterocycles. The Morgan fingerprint density at radius 1 is 1.23 bits per heavy atom. The van der Waals surface area contributed by atoms with Gasteiger partial charge in [-0.3, -0.25) is 5.11 Å². The lowest BCUT2D eigenvalue weighted by Gasteiger charge is -2.03. The summed E-state index contributed by atoms with van der Waals surface area (Å²) in [6.45, 7) is 6.14. The minimum Gasteiger partial charge on any atom is -0.255 e. The summed E-state index contributed by atoms with van der Waals surface area (Å²) in [6, 6.07) is 2.04. The molecule has 3 heteroatoms. The van der Waals surface area contributed by atoms with Crippen LogP contribution in [0, 0.1) is 20.8 Å². The first kappa shape index (κ1) is 8.51. The van der Waals surface area contributed by atoms with E-state index in [1.807, 2.05) is 13.0 Å². The largest absolute Gasteiger partial charge is 0.327 e. The van der Waals surface area contributed by atoms with Gasteiger partial charge in [-0.2, -0.15) is 4.98 Å². The van der Waals surface area contributed by atoms with Gasteiger partial charge in [0.2, 0.25) is 0 Å². The molecule has 0 N–H and O–H groups in total. The van der Waals surface area contributed by atoms with Crippen LogP contribution in [0.15, 0.2) is 6.07 Å². The molecule has 2 aromatic rings. The molecule has 13 heavy (non-hydrogen) atoms. The van der Waals surface area contributed by atoms with E-state index in [-0.39, 0.29) is 5.19 Å². The van der Waals surface area contributed by atoms with E-state index in [4.69, 9.17) is 0 Å². The van der Waals surface area contributed by atoms with Crippen LogP contribution in [0.4, 0.5) is 0 Å². The maximum Gasteiger partial charge on any atom is 0.327 e. The Kier molecular flexibility index (Phi) is 1.77. The molecule has 0 saturated carbocycles. The normalized spacial score (nSPS) is 11.0. The fourth-order valence-electron chi connectivity index (χ4n) is 1.46. The van der Waals surface area contributed by atoms with Gasteiger partial charge in [-0.1, -0.05) is 11.3 Å². The maximum atomic E-state index is 11.1. The summed E-state index contributed by atoms with van der Waals surface area (Å²) in [5, 5.41) is 11.0. The topological polar surface area (TPSA) is 32.8 Å². The second-order valence-corrected chi connectivity index (χ2v) is 4.26. The van der Waals surface area contributed by atoms with Crippen molar-refractivity contribution in [3.63, 3.8) is 0 Å². The van der Waals surface area contributed by atoms with Gasteiger partial charge in [-0.15, -0.1) is 0 Å². The zero-order valence-corrected chi connectivity index (χ0v) is 8.66. The van der Waals surface area contributed by atoms with Crippen LogP contribution in [-0.4, -0.2) is 4.98 Å². The van der Waals surface area contributed by atoms with E-state index in [2.05, 4.69) is 18.8 Å². The van der Waals surface area contributed by atoms with Gasteiger partial charge in [0.25, 0.3) is 0 Å². The molecule has 0 unspecified atom stereocenters. The van der Waals surface area contributed by atoms with E-state index in [0.717, 1.165) is 15.8 Å². The van der Waals surface area contributed by atoms with Gasteiger partial charge in [0.05, 0.1) is 10.2 Å². The van der Waals surface area contributed by atoms with Crippen LogP contribution in [0.1, 0.15) is 16.7 Å². The average Bonchev–Trinajstić information content (AvgIpc) is 2.42. The number of benzene rings is 1. The van der Waals surface area contributed by atoms with Crippen molar-refractivity contribution < 1.29 is 5.11 Å². The zero-order chi connectivity index (χ0) is 9.59. The van der Waals surface area contributed by atoms with Crippen LogP contribution < -0.4 is 0 Å². The van der Waals surface area contributed by atoms with E-state index in [0.29, 0.717) is 0 Å². The number of aryl methyl sites for hydroxylation is 2. The summed E-state index contributed by atoms with van der Waals surface area (Å²) < 4.78 is 1.01. The Bertz CT molecular complexity index is 473. The Morgan fingerprint density at radius 3 is 2.62 bits per heavy atom. The van der Waals surface area contributed by atoms with Gasteiger partial charge < -0.3 is 0 Å². The molecular formula is C10H10NOS. The van der Waals surface area contributed by atoms with Crippen LogP contribution in [0.5, 0.6) is 5.19 Å². The van der Waals surface area contributed by atoms with Crippen molar-refractivity contribution in [3.8, 4) is 5.19 Å². The van der Waals surface area contributed by atoms with Crippen LogP contribution in [-0.2, 0) is 5.11 Å². The van der Waals surface area contributed by atoms with Crippen molar-refractivity contribution in [2.75, 3.05) is 0 Å². The number of rotatable bonds is 0. The van der Waals surface area contributed by atoms with E-state index >= 15 is 0 Å². The standard InChI is InChI=1S/C10H10NOS/c1-5-4-8-9(7(3)6(5)2)11-10(12)13-8/h4H,1-3H3. The van der Waals surface area contributed by atoms with Crippen LogP contribution >= 0.6 is 11.3 Å². The highest BCUT2D eigenvalue weighted by Gasteiger charge is 2.09. The molecule has 0 atom stereocenters. The lowest BCUT2D eigenvalue weighted by atomic mass is 10.0. The van der Waals surface area contributed by atoms with Gasteiger partial charge >= 0.3 is 5.19 Å². The number of nitrogens with zero attached hydrogens (tertiary/aromatic N) is 1. The number of thiazole rings is 1. The fraction of sp³-hybridized carbons (Fsp3) is 0.300. The quantitative estimate of drug-likeness (QED) is 0.630. The number of hydrogen-bond donors (Lipinski definition) is 0. The SMILES string of the molecule is Cc1cc2sc([O])nc2c(C)c1C. The molecule has 67 valence electrons. The molecular weight excluding hydrogens is 182 g/mol. The van der Waals surface area contributed by atoms with Crippen LogP contribution in [0.2, 0.25) is 0 Å². The van der Waals surface area contributed by atoms with Crippen molar-refractivity contribution in [1.29, 1.82) is 0 Å².